The van der Waals surface area contributed by atoms with E-state index in [1.165, 1.54) is 6.07 Å². The highest BCUT2D eigenvalue weighted by Gasteiger charge is 2.44. The van der Waals surface area contributed by atoms with Crippen LogP contribution >= 0.6 is 15.9 Å². The van der Waals surface area contributed by atoms with Gasteiger partial charge in [-0.3, -0.25) is 4.79 Å². The number of hydrogen-bond acceptors (Lipinski definition) is 2. The Labute approximate surface area is 113 Å². The summed E-state index contributed by atoms with van der Waals surface area (Å²) in [5, 5.41) is 2.66. The molecule has 1 N–H and O–H groups in total. The van der Waals surface area contributed by atoms with E-state index in [4.69, 9.17) is 4.74 Å². The van der Waals surface area contributed by atoms with E-state index in [0.29, 0.717) is 4.47 Å². The molecule has 2 heterocycles. The summed E-state index contributed by atoms with van der Waals surface area (Å²) >= 11 is 3.24. The molecule has 0 spiro atoms. The molecule has 0 saturated carbocycles. The SMILES string of the molecule is O=C(Nc1c(F)cccc1Br)[C@@H]1C[C@H]2CC[C@H]1O2. The van der Waals surface area contributed by atoms with Crippen molar-refractivity contribution in [3.05, 3.63) is 28.5 Å². The Morgan fingerprint density at radius 3 is 2.89 bits per heavy atom. The largest absolute Gasteiger partial charge is 0.374 e. The molecule has 0 unspecified atom stereocenters. The first-order valence-electron chi connectivity index (χ1n) is 6.05. The number of rotatable bonds is 2. The molecule has 1 aromatic carbocycles. The third kappa shape index (κ3) is 2.06. The van der Waals surface area contributed by atoms with E-state index >= 15 is 0 Å². The number of anilines is 1. The minimum Gasteiger partial charge on any atom is -0.374 e. The molecule has 2 aliphatic heterocycles. The molecular formula is C13H13BrFNO2. The van der Waals surface area contributed by atoms with Crippen LogP contribution in [0.4, 0.5) is 10.1 Å². The van der Waals surface area contributed by atoms with Gasteiger partial charge in [-0.1, -0.05) is 6.07 Å². The summed E-state index contributed by atoms with van der Waals surface area (Å²) in [4.78, 5) is 12.1. The summed E-state index contributed by atoms with van der Waals surface area (Å²) in [6, 6.07) is 4.63. The Balaban J connectivity index is 1.75. The lowest BCUT2D eigenvalue weighted by molar-refractivity contribution is -0.121. The van der Waals surface area contributed by atoms with Crippen molar-refractivity contribution in [2.75, 3.05) is 5.32 Å². The molecule has 18 heavy (non-hydrogen) atoms. The van der Waals surface area contributed by atoms with Gasteiger partial charge in [-0.05, 0) is 47.3 Å². The highest BCUT2D eigenvalue weighted by molar-refractivity contribution is 9.10. The maximum atomic E-state index is 13.6. The fourth-order valence-electron chi connectivity index (χ4n) is 2.75. The number of nitrogens with one attached hydrogen (secondary N) is 1. The van der Waals surface area contributed by atoms with E-state index in [1.807, 2.05) is 0 Å². The predicted molar refractivity (Wildman–Crippen MR) is 68.7 cm³/mol. The Bertz CT molecular complexity index is 474. The van der Waals surface area contributed by atoms with Gasteiger partial charge in [0.1, 0.15) is 5.82 Å². The molecule has 2 saturated heterocycles. The number of benzene rings is 1. The zero-order valence-electron chi connectivity index (χ0n) is 9.66. The number of hydrogen-bond donors (Lipinski definition) is 1. The Hall–Kier alpha value is -0.940. The lowest BCUT2D eigenvalue weighted by Crippen LogP contribution is -2.30. The van der Waals surface area contributed by atoms with Crippen LogP contribution in [-0.2, 0) is 9.53 Å². The van der Waals surface area contributed by atoms with Crippen LogP contribution < -0.4 is 5.32 Å². The quantitative estimate of drug-likeness (QED) is 0.911. The third-order valence-corrected chi connectivity index (χ3v) is 4.31. The van der Waals surface area contributed by atoms with E-state index in [-0.39, 0.29) is 29.7 Å². The van der Waals surface area contributed by atoms with Crippen LogP contribution in [0, 0.1) is 11.7 Å². The van der Waals surface area contributed by atoms with Crippen molar-refractivity contribution in [1.29, 1.82) is 0 Å². The van der Waals surface area contributed by atoms with Crippen molar-refractivity contribution >= 4 is 27.5 Å². The predicted octanol–water partition coefficient (Wildman–Crippen LogP) is 3.09. The van der Waals surface area contributed by atoms with Gasteiger partial charge in [0, 0.05) is 4.47 Å². The number of amides is 1. The van der Waals surface area contributed by atoms with Crippen LogP contribution in [0.2, 0.25) is 0 Å². The second-order valence-corrected chi connectivity index (χ2v) is 5.66. The van der Waals surface area contributed by atoms with Crippen molar-refractivity contribution in [3.63, 3.8) is 0 Å². The van der Waals surface area contributed by atoms with Gasteiger partial charge in [-0.2, -0.15) is 0 Å². The third-order valence-electron chi connectivity index (χ3n) is 3.65. The average molecular weight is 314 g/mol. The molecule has 5 heteroatoms. The fourth-order valence-corrected chi connectivity index (χ4v) is 3.19. The van der Waals surface area contributed by atoms with Gasteiger partial charge < -0.3 is 10.1 Å². The van der Waals surface area contributed by atoms with Gasteiger partial charge in [0.2, 0.25) is 5.91 Å². The summed E-state index contributed by atoms with van der Waals surface area (Å²) in [5.41, 5.74) is 0.213. The molecule has 2 bridgehead atoms. The van der Waals surface area contributed by atoms with Gasteiger partial charge in [-0.15, -0.1) is 0 Å². The van der Waals surface area contributed by atoms with E-state index in [2.05, 4.69) is 21.2 Å². The van der Waals surface area contributed by atoms with Crippen LogP contribution in [0.25, 0.3) is 0 Å². The number of para-hydroxylation sites is 1. The maximum absolute atomic E-state index is 13.6. The summed E-state index contributed by atoms with van der Waals surface area (Å²) in [5.74, 6) is -0.718. The number of ether oxygens (including phenoxy) is 1. The number of carbonyl (C=O) groups excluding carboxylic acids is 1. The Morgan fingerprint density at radius 1 is 1.44 bits per heavy atom. The van der Waals surface area contributed by atoms with Gasteiger partial charge in [0.25, 0.3) is 0 Å². The standard InChI is InChI=1S/C13H13BrFNO2/c14-9-2-1-3-10(15)12(9)16-13(17)8-6-7-4-5-11(8)18-7/h1-3,7-8,11H,4-6H2,(H,16,17)/t7-,8-,11-/m1/s1. The first-order valence-corrected chi connectivity index (χ1v) is 6.85. The maximum Gasteiger partial charge on any atom is 0.230 e. The van der Waals surface area contributed by atoms with E-state index in [0.717, 1.165) is 19.3 Å². The summed E-state index contributed by atoms with van der Waals surface area (Å²) in [6.07, 6.45) is 2.96. The lowest BCUT2D eigenvalue weighted by Gasteiger charge is -2.18. The topological polar surface area (TPSA) is 38.3 Å². The minimum absolute atomic E-state index is 0.0144. The molecule has 96 valence electrons. The number of halogens is 2. The second-order valence-electron chi connectivity index (χ2n) is 4.80. The Kier molecular flexibility index (Phi) is 3.11. The van der Waals surface area contributed by atoms with Crippen LogP contribution in [0.15, 0.2) is 22.7 Å². The summed E-state index contributed by atoms with van der Waals surface area (Å²) in [6.45, 7) is 0. The molecule has 0 radical (unpaired) electrons. The normalized spacial score (nSPS) is 29.6. The first kappa shape index (κ1) is 12.1. The average Bonchev–Trinajstić information content (AvgIpc) is 2.96. The Morgan fingerprint density at radius 2 is 2.28 bits per heavy atom. The fraction of sp³-hybridized carbons (Fsp3) is 0.462. The molecule has 3 rings (SSSR count). The minimum atomic E-state index is -0.429. The molecule has 3 nitrogen and oxygen atoms in total. The van der Waals surface area contributed by atoms with E-state index in [1.54, 1.807) is 12.1 Å². The molecule has 0 aromatic heterocycles. The van der Waals surface area contributed by atoms with E-state index in [9.17, 15) is 9.18 Å². The van der Waals surface area contributed by atoms with Crippen molar-refractivity contribution in [3.8, 4) is 0 Å². The zero-order valence-corrected chi connectivity index (χ0v) is 11.2. The smallest absolute Gasteiger partial charge is 0.230 e. The van der Waals surface area contributed by atoms with Crippen LogP contribution in [0.5, 0.6) is 0 Å². The molecule has 3 atom stereocenters. The molecule has 1 aromatic rings. The van der Waals surface area contributed by atoms with E-state index < -0.39 is 5.82 Å². The summed E-state index contributed by atoms with van der Waals surface area (Å²) < 4.78 is 19.8. The highest BCUT2D eigenvalue weighted by Crippen LogP contribution is 2.39. The van der Waals surface area contributed by atoms with Gasteiger partial charge in [-0.25, -0.2) is 4.39 Å². The van der Waals surface area contributed by atoms with Crippen LogP contribution in [0.1, 0.15) is 19.3 Å². The highest BCUT2D eigenvalue weighted by atomic mass is 79.9. The second kappa shape index (κ2) is 4.63. The van der Waals surface area contributed by atoms with Crippen molar-refractivity contribution in [2.45, 2.75) is 31.5 Å². The van der Waals surface area contributed by atoms with Gasteiger partial charge in [0.05, 0.1) is 23.8 Å². The zero-order chi connectivity index (χ0) is 12.7. The monoisotopic (exact) mass is 313 g/mol. The first-order chi connectivity index (χ1) is 8.65. The number of fused-ring (bicyclic) bond motifs is 2. The van der Waals surface area contributed by atoms with Crippen molar-refractivity contribution < 1.29 is 13.9 Å². The molecule has 1 amide bonds. The van der Waals surface area contributed by atoms with Crippen LogP contribution in [0.3, 0.4) is 0 Å². The van der Waals surface area contributed by atoms with Gasteiger partial charge >= 0.3 is 0 Å². The summed E-state index contributed by atoms with van der Waals surface area (Å²) in [7, 11) is 0. The van der Waals surface area contributed by atoms with Gasteiger partial charge in [0.15, 0.2) is 0 Å². The van der Waals surface area contributed by atoms with Crippen LogP contribution in [-0.4, -0.2) is 18.1 Å². The molecule has 2 aliphatic rings. The lowest BCUT2D eigenvalue weighted by atomic mass is 9.88. The molecule has 2 fully saturated rings. The number of carbonyl (C=O) groups is 1. The molecular weight excluding hydrogens is 301 g/mol. The van der Waals surface area contributed by atoms with Crippen molar-refractivity contribution in [2.24, 2.45) is 5.92 Å². The molecule has 0 aliphatic carbocycles. The van der Waals surface area contributed by atoms with Crippen molar-refractivity contribution in [1.82, 2.24) is 0 Å².